The van der Waals surface area contributed by atoms with E-state index in [-0.39, 0.29) is 6.61 Å². The van der Waals surface area contributed by atoms with Gasteiger partial charge < -0.3 is 15.3 Å². The highest BCUT2D eigenvalue weighted by Crippen LogP contribution is 2.16. The Kier molecular flexibility index (Phi) is 4.41. The number of nitrogens with one attached hydrogen (secondary N) is 1. The van der Waals surface area contributed by atoms with Gasteiger partial charge in [0.2, 0.25) is 0 Å². The molecule has 0 amide bonds. The molecule has 0 aliphatic carbocycles. The number of benzene rings is 1. The average Bonchev–Trinajstić information content (AvgIpc) is 2.85. The third-order valence-corrected chi connectivity index (χ3v) is 2.90. The fourth-order valence-electron chi connectivity index (χ4n) is 1.80. The molecular weight excluding hydrogens is 240 g/mol. The number of anilines is 2. The van der Waals surface area contributed by atoms with Gasteiger partial charge in [-0.15, -0.1) is 0 Å². The van der Waals surface area contributed by atoms with Crippen LogP contribution in [-0.2, 0) is 13.1 Å². The van der Waals surface area contributed by atoms with Crippen molar-refractivity contribution in [3.05, 3.63) is 42.2 Å². The zero-order chi connectivity index (χ0) is 13.7. The molecule has 0 spiro atoms. The van der Waals surface area contributed by atoms with Crippen LogP contribution in [0.2, 0.25) is 0 Å². The first kappa shape index (κ1) is 13.4. The Hall–Kier alpha value is -2.01. The predicted molar refractivity (Wildman–Crippen MR) is 77.4 cm³/mol. The lowest BCUT2D eigenvalue weighted by Gasteiger charge is -2.13. The molecule has 0 fully saturated rings. The van der Waals surface area contributed by atoms with Crippen LogP contribution in [0.3, 0.4) is 0 Å². The minimum atomic E-state index is 0.112. The van der Waals surface area contributed by atoms with Crippen LogP contribution >= 0.6 is 0 Å². The molecule has 1 heterocycles. The van der Waals surface area contributed by atoms with Crippen molar-refractivity contribution >= 4 is 11.4 Å². The van der Waals surface area contributed by atoms with Crippen molar-refractivity contribution in [2.45, 2.75) is 13.1 Å². The summed E-state index contributed by atoms with van der Waals surface area (Å²) in [6.45, 7) is 1.38. The molecule has 2 N–H and O–H groups in total. The summed E-state index contributed by atoms with van der Waals surface area (Å²) in [4.78, 5) is 2.07. The van der Waals surface area contributed by atoms with Gasteiger partial charge in [0.05, 0.1) is 19.3 Å². The fraction of sp³-hybridized carbons (Fsp3) is 0.357. The van der Waals surface area contributed by atoms with Gasteiger partial charge in [-0.05, 0) is 24.3 Å². The van der Waals surface area contributed by atoms with E-state index in [1.807, 2.05) is 26.5 Å². The normalized spacial score (nSPS) is 10.5. The number of hydrogen-bond acceptors (Lipinski definition) is 4. The predicted octanol–water partition coefficient (Wildman–Crippen LogP) is 1.55. The zero-order valence-electron chi connectivity index (χ0n) is 11.4. The Bertz CT molecular complexity index is 504. The van der Waals surface area contributed by atoms with Crippen LogP contribution in [0.1, 0.15) is 5.56 Å². The van der Waals surface area contributed by atoms with E-state index >= 15 is 0 Å². The van der Waals surface area contributed by atoms with Crippen molar-refractivity contribution < 1.29 is 5.11 Å². The third-order valence-electron chi connectivity index (χ3n) is 2.90. The van der Waals surface area contributed by atoms with Crippen molar-refractivity contribution in [1.82, 2.24) is 9.78 Å². The lowest BCUT2D eigenvalue weighted by molar-refractivity contribution is 0.269. The Labute approximate surface area is 113 Å². The van der Waals surface area contributed by atoms with Crippen molar-refractivity contribution in [3.63, 3.8) is 0 Å². The molecule has 0 atom stereocenters. The van der Waals surface area contributed by atoms with Gasteiger partial charge in [-0.2, -0.15) is 5.10 Å². The first-order valence-electron chi connectivity index (χ1n) is 6.32. The molecule has 5 nitrogen and oxygen atoms in total. The highest BCUT2D eigenvalue weighted by molar-refractivity contribution is 5.54. The summed E-state index contributed by atoms with van der Waals surface area (Å²) in [7, 11) is 4.05. The SMILES string of the molecule is CN(C)c1ccc(NCc2cnn(CCO)c2)cc1. The van der Waals surface area contributed by atoms with E-state index in [4.69, 9.17) is 5.11 Å². The highest BCUT2D eigenvalue weighted by atomic mass is 16.3. The van der Waals surface area contributed by atoms with Gasteiger partial charge in [0, 0.05) is 43.8 Å². The Morgan fingerprint density at radius 1 is 1.26 bits per heavy atom. The number of rotatable bonds is 6. The van der Waals surface area contributed by atoms with Crippen LogP contribution in [0.15, 0.2) is 36.7 Å². The van der Waals surface area contributed by atoms with E-state index in [1.54, 1.807) is 4.68 Å². The Morgan fingerprint density at radius 2 is 2.00 bits per heavy atom. The van der Waals surface area contributed by atoms with Crippen LogP contribution in [0, 0.1) is 0 Å². The maximum atomic E-state index is 8.83. The molecule has 102 valence electrons. The molecule has 1 aromatic carbocycles. The minimum Gasteiger partial charge on any atom is -0.394 e. The van der Waals surface area contributed by atoms with Gasteiger partial charge in [-0.25, -0.2) is 0 Å². The molecule has 1 aromatic heterocycles. The van der Waals surface area contributed by atoms with Crippen molar-refractivity contribution in [2.24, 2.45) is 0 Å². The van der Waals surface area contributed by atoms with Crippen molar-refractivity contribution in [1.29, 1.82) is 0 Å². The maximum Gasteiger partial charge on any atom is 0.0640 e. The van der Waals surface area contributed by atoms with Crippen molar-refractivity contribution in [3.8, 4) is 0 Å². The second-order valence-electron chi connectivity index (χ2n) is 4.63. The first-order chi connectivity index (χ1) is 9.19. The van der Waals surface area contributed by atoms with Crippen LogP contribution in [0.25, 0.3) is 0 Å². The Morgan fingerprint density at radius 3 is 2.63 bits per heavy atom. The molecule has 0 unspecified atom stereocenters. The molecule has 2 rings (SSSR count). The quantitative estimate of drug-likeness (QED) is 0.827. The Balaban J connectivity index is 1.90. The lowest BCUT2D eigenvalue weighted by Crippen LogP contribution is -2.08. The second kappa shape index (κ2) is 6.24. The molecule has 0 saturated heterocycles. The van der Waals surface area contributed by atoms with Crippen LogP contribution in [0.5, 0.6) is 0 Å². The van der Waals surface area contributed by atoms with E-state index in [0.717, 1.165) is 17.8 Å². The molecule has 0 radical (unpaired) electrons. The summed E-state index contributed by atoms with van der Waals surface area (Å²) >= 11 is 0. The summed E-state index contributed by atoms with van der Waals surface area (Å²) in [5.74, 6) is 0. The molecule has 0 saturated carbocycles. The van der Waals surface area contributed by atoms with E-state index in [0.29, 0.717) is 6.54 Å². The molecular formula is C14H20N4O. The summed E-state index contributed by atoms with van der Waals surface area (Å²) in [5.41, 5.74) is 3.37. The molecule has 0 bridgehead atoms. The molecule has 0 aliphatic heterocycles. The summed E-state index contributed by atoms with van der Waals surface area (Å²) < 4.78 is 1.74. The van der Waals surface area contributed by atoms with Gasteiger partial charge in [0.15, 0.2) is 0 Å². The molecule has 0 aliphatic rings. The van der Waals surface area contributed by atoms with Gasteiger partial charge in [0.25, 0.3) is 0 Å². The van der Waals surface area contributed by atoms with Crippen LogP contribution in [0.4, 0.5) is 11.4 Å². The topological polar surface area (TPSA) is 53.3 Å². The van der Waals surface area contributed by atoms with Gasteiger partial charge >= 0.3 is 0 Å². The monoisotopic (exact) mass is 260 g/mol. The zero-order valence-corrected chi connectivity index (χ0v) is 11.4. The summed E-state index contributed by atoms with van der Waals surface area (Å²) in [6, 6.07) is 8.29. The van der Waals surface area contributed by atoms with Gasteiger partial charge in [-0.1, -0.05) is 0 Å². The largest absolute Gasteiger partial charge is 0.394 e. The smallest absolute Gasteiger partial charge is 0.0640 e. The third kappa shape index (κ3) is 3.72. The first-order valence-corrected chi connectivity index (χ1v) is 6.32. The van der Waals surface area contributed by atoms with E-state index in [1.165, 1.54) is 5.69 Å². The van der Waals surface area contributed by atoms with E-state index in [9.17, 15) is 0 Å². The van der Waals surface area contributed by atoms with E-state index in [2.05, 4.69) is 39.6 Å². The number of nitrogens with zero attached hydrogens (tertiary/aromatic N) is 3. The summed E-state index contributed by atoms with van der Waals surface area (Å²) in [5, 5.41) is 16.3. The van der Waals surface area contributed by atoms with Gasteiger partial charge in [0.1, 0.15) is 0 Å². The number of hydrogen-bond donors (Lipinski definition) is 2. The number of aromatic nitrogens is 2. The standard InChI is InChI=1S/C14H20N4O/c1-17(2)14-5-3-13(4-6-14)15-9-12-10-16-18(11-12)7-8-19/h3-6,10-11,15,19H,7-9H2,1-2H3. The van der Waals surface area contributed by atoms with Crippen LogP contribution < -0.4 is 10.2 Å². The second-order valence-corrected chi connectivity index (χ2v) is 4.63. The highest BCUT2D eigenvalue weighted by Gasteiger charge is 1.99. The number of aliphatic hydroxyl groups is 1. The minimum absolute atomic E-state index is 0.112. The molecule has 5 heteroatoms. The van der Waals surface area contributed by atoms with Crippen LogP contribution in [-0.4, -0.2) is 35.6 Å². The van der Waals surface area contributed by atoms with Crippen molar-refractivity contribution in [2.75, 3.05) is 30.9 Å². The number of aliphatic hydroxyl groups excluding tert-OH is 1. The molecule has 2 aromatic rings. The summed E-state index contributed by atoms with van der Waals surface area (Å²) in [6.07, 6.45) is 3.76. The fourth-order valence-corrected chi connectivity index (χ4v) is 1.80. The lowest BCUT2D eigenvalue weighted by atomic mass is 10.2. The van der Waals surface area contributed by atoms with Gasteiger partial charge in [-0.3, -0.25) is 4.68 Å². The maximum absolute atomic E-state index is 8.83. The molecule has 19 heavy (non-hydrogen) atoms. The average molecular weight is 260 g/mol. The van der Waals surface area contributed by atoms with E-state index < -0.39 is 0 Å².